The molecule has 1 aromatic heterocycles. The van der Waals surface area contributed by atoms with Crippen molar-refractivity contribution in [2.45, 2.75) is 36.6 Å². The Labute approximate surface area is 240 Å². The van der Waals surface area contributed by atoms with E-state index in [1.165, 1.54) is 16.7 Å². The normalized spacial score (nSPS) is 20.0. The summed E-state index contributed by atoms with van der Waals surface area (Å²) in [5.74, 6) is -3.22. The largest absolute Gasteiger partial charge is 0.465 e. The van der Waals surface area contributed by atoms with Gasteiger partial charge in [-0.3, -0.25) is 23.7 Å². The molecule has 39 heavy (non-hydrogen) atoms. The molecule has 1 fully saturated rings. The number of rotatable bonds is 7. The zero-order valence-corrected chi connectivity index (χ0v) is 24.1. The molecule has 0 spiro atoms. The molecule has 0 bridgehead atoms. The molecule has 2 aliphatic rings. The third kappa shape index (κ3) is 4.96. The van der Waals surface area contributed by atoms with E-state index < -0.39 is 40.8 Å². The van der Waals surface area contributed by atoms with Gasteiger partial charge < -0.3 is 9.47 Å². The molecule has 0 saturated carbocycles. The number of halogens is 1. The van der Waals surface area contributed by atoms with Crippen molar-refractivity contribution in [2.24, 2.45) is 5.92 Å². The second-order valence-electron chi connectivity index (χ2n) is 8.80. The summed E-state index contributed by atoms with van der Waals surface area (Å²) in [4.78, 5) is 66.5. The second-order valence-corrected chi connectivity index (χ2v) is 11.8. The number of carbonyl (C=O) groups excluding carboxylic acids is 4. The van der Waals surface area contributed by atoms with E-state index in [1.54, 1.807) is 26.0 Å². The Morgan fingerprint density at radius 3 is 2.36 bits per heavy atom. The van der Waals surface area contributed by atoms with Gasteiger partial charge in [-0.1, -0.05) is 51.2 Å². The highest BCUT2D eigenvalue weighted by Crippen LogP contribution is 2.54. The van der Waals surface area contributed by atoms with E-state index in [1.807, 2.05) is 24.3 Å². The van der Waals surface area contributed by atoms with Crippen LogP contribution >= 0.6 is 39.0 Å². The van der Waals surface area contributed by atoms with E-state index in [9.17, 15) is 24.0 Å². The summed E-state index contributed by atoms with van der Waals surface area (Å²) in [6, 6.07) is 13.5. The maximum Gasteiger partial charge on any atom is 0.338 e. The third-order valence-corrected chi connectivity index (χ3v) is 9.58. The number of aromatic nitrogens is 1. The predicted molar refractivity (Wildman–Crippen MR) is 149 cm³/mol. The lowest BCUT2D eigenvalue weighted by Gasteiger charge is -2.30. The van der Waals surface area contributed by atoms with Crippen LogP contribution in [0.2, 0.25) is 0 Å². The summed E-state index contributed by atoms with van der Waals surface area (Å²) in [5, 5.41) is -0.328. The summed E-state index contributed by atoms with van der Waals surface area (Å²) >= 11 is 5.59. The minimum absolute atomic E-state index is 0.176. The van der Waals surface area contributed by atoms with Crippen LogP contribution in [0.5, 0.6) is 0 Å². The Balaban J connectivity index is 1.58. The first-order chi connectivity index (χ1) is 18.7. The summed E-state index contributed by atoms with van der Waals surface area (Å²) < 4.78 is 12.2. The van der Waals surface area contributed by atoms with Gasteiger partial charge in [0.2, 0.25) is 11.8 Å². The van der Waals surface area contributed by atoms with Gasteiger partial charge in [0.15, 0.2) is 0 Å². The Bertz CT molecular complexity index is 1530. The van der Waals surface area contributed by atoms with Crippen molar-refractivity contribution in [3.05, 3.63) is 78.7 Å². The van der Waals surface area contributed by atoms with Crippen molar-refractivity contribution in [1.82, 2.24) is 4.57 Å². The molecule has 3 aromatic rings. The van der Waals surface area contributed by atoms with E-state index in [-0.39, 0.29) is 24.6 Å². The van der Waals surface area contributed by atoms with Crippen molar-refractivity contribution < 1.29 is 28.7 Å². The van der Waals surface area contributed by atoms with Gasteiger partial charge in [0.05, 0.1) is 35.4 Å². The first kappa shape index (κ1) is 27.4. The van der Waals surface area contributed by atoms with Gasteiger partial charge in [0.1, 0.15) is 11.8 Å². The first-order valence-electron chi connectivity index (χ1n) is 12.2. The standard InChI is InChI=1S/C27H23BrN2O7S2/c1-3-36-18(31)13-29-25-22(39-27(29)35)19(15-6-5-7-16(28)12-15)20-21(38-25)24(33)30(23(20)32)17-10-8-14(9-11-17)26(34)37-4-2/h5-12,19-21H,3-4,13H2,1-2H3/t19-,20?,21?/m1/s1. The highest BCUT2D eigenvalue weighted by Gasteiger charge is 2.56. The molecule has 0 aliphatic carbocycles. The molecule has 0 N–H and O–H groups in total. The maximum absolute atomic E-state index is 13.9. The number of hydrogen-bond donors (Lipinski definition) is 0. The van der Waals surface area contributed by atoms with Gasteiger partial charge in [-0.05, 0) is 55.8 Å². The van der Waals surface area contributed by atoms with Crippen LogP contribution in [0.15, 0.2) is 62.8 Å². The predicted octanol–water partition coefficient (Wildman–Crippen LogP) is 4.21. The van der Waals surface area contributed by atoms with E-state index in [0.717, 1.165) is 38.0 Å². The van der Waals surface area contributed by atoms with Crippen LogP contribution in [-0.4, -0.2) is 46.8 Å². The molecule has 12 heteroatoms. The van der Waals surface area contributed by atoms with Gasteiger partial charge >= 0.3 is 16.8 Å². The molecule has 3 heterocycles. The quantitative estimate of drug-likeness (QED) is 0.282. The monoisotopic (exact) mass is 630 g/mol. The molecule has 3 atom stereocenters. The molecule has 2 amide bonds. The van der Waals surface area contributed by atoms with Crippen molar-refractivity contribution in [1.29, 1.82) is 0 Å². The number of thiazole rings is 1. The van der Waals surface area contributed by atoms with E-state index in [4.69, 9.17) is 9.47 Å². The molecular formula is C27H23BrN2O7S2. The lowest BCUT2D eigenvalue weighted by molar-refractivity contribution is -0.144. The van der Waals surface area contributed by atoms with Crippen molar-refractivity contribution in [3.63, 3.8) is 0 Å². The minimum atomic E-state index is -0.818. The van der Waals surface area contributed by atoms with Crippen molar-refractivity contribution >= 4 is 68.5 Å². The van der Waals surface area contributed by atoms with Crippen LogP contribution < -0.4 is 9.77 Å². The van der Waals surface area contributed by atoms with Crippen molar-refractivity contribution in [2.75, 3.05) is 18.1 Å². The fourth-order valence-electron chi connectivity index (χ4n) is 4.87. The first-order valence-corrected chi connectivity index (χ1v) is 14.7. The van der Waals surface area contributed by atoms with Crippen LogP contribution in [0.1, 0.15) is 40.6 Å². The smallest absolute Gasteiger partial charge is 0.338 e. The number of benzene rings is 2. The van der Waals surface area contributed by atoms with E-state index in [0.29, 0.717) is 21.2 Å². The molecular weight excluding hydrogens is 608 g/mol. The maximum atomic E-state index is 13.9. The highest BCUT2D eigenvalue weighted by molar-refractivity contribution is 9.10. The van der Waals surface area contributed by atoms with Crippen LogP contribution in [-0.2, 0) is 30.4 Å². The zero-order valence-electron chi connectivity index (χ0n) is 20.9. The van der Waals surface area contributed by atoms with Gasteiger partial charge in [-0.25, -0.2) is 9.69 Å². The van der Waals surface area contributed by atoms with Gasteiger partial charge in [-0.2, -0.15) is 0 Å². The Kier molecular flexibility index (Phi) is 7.79. The zero-order chi connectivity index (χ0) is 27.8. The number of anilines is 1. The SMILES string of the molecule is CCOC(=O)Cn1c2c(sc1=O)[C@H](c1cccc(Br)c1)C1C(=O)N(c3ccc(C(=O)OCC)cc3)C(=O)C1S2. The fourth-order valence-corrected chi connectivity index (χ4v) is 8.06. The molecule has 2 unspecified atom stereocenters. The number of esters is 2. The van der Waals surface area contributed by atoms with Crippen LogP contribution in [0.3, 0.4) is 0 Å². The number of amides is 2. The Hall–Kier alpha value is -3.22. The fraction of sp³-hybridized carbons (Fsp3) is 0.296. The average molecular weight is 632 g/mol. The van der Waals surface area contributed by atoms with E-state index in [2.05, 4.69) is 15.9 Å². The third-order valence-electron chi connectivity index (χ3n) is 6.49. The highest BCUT2D eigenvalue weighted by atomic mass is 79.9. The molecule has 202 valence electrons. The lowest BCUT2D eigenvalue weighted by Crippen LogP contribution is -2.32. The number of hydrogen-bond acceptors (Lipinski definition) is 9. The summed E-state index contributed by atoms with van der Waals surface area (Å²) in [6.07, 6.45) is 0. The summed E-state index contributed by atoms with van der Waals surface area (Å²) in [6.45, 7) is 3.51. The Morgan fingerprint density at radius 1 is 0.974 bits per heavy atom. The van der Waals surface area contributed by atoms with Gasteiger partial charge in [-0.15, -0.1) is 0 Å². The summed E-state index contributed by atoms with van der Waals surface area (Å²) in [5.41, 5.74) is 1.42. The van der Waals surface area contributed by atoms with Crippen molar-refractivity contribution in [3.8, 4) is 0 Å². The molecule has 1 saturated heterocycles. The number of fused-ring (bicyclic) bond motifs is 2. The molecule has 2 aliphatic heterocycles. The van der Waals surface area contributed by atoms with E-state index >= 15 is 0 Å². The second kappa shape index (κ2) is 11.1. The van der Waals surface area contributed by atoms with Gasteiger partial charge in [0.25, 0.3) is 0 Å². The topological polar surface area (TPSA) is 112 Å². The molecule has 0 radical (unpaired) electrons. The number of imide groups is 1. The number of carbonyl (C=O) groups is 4. The lowest BCUT2D eigenvalue weighted by atomic mass is 9.83. The average Bonchev–Trinajstić information content (AvgIpc) is 3.35. The molecule has 2 aromatic carbocycles. The Morgan fingerprint density at radius 2 is 1.69 bits per heavy atom. The number of ether oxygens (including phenoxy) is 2. The summed E-state index contributed by atoms with van der Waals surface area (Å²) in [7, 11) is 0. The molecule has 5 rings (SSSR count). The van der Waals surface area contributed by atoms with Crippen LogP contribution in [0.4, 0.5) is 5.69 Å². The number of nitrogens with zero attached hydrogens (tertiary/aromatic N) is 2. The number of thioether (sulfide) groups is 1. The van der Waals surface area contributed by atoms with Crippen LogP contribution in [0, 0.1) is 5.92 Å². The molecule has 9 nitrogen and oxygen atoms in total. The van der Waals surface area contributed by atoms with Gasteiger partial charge in [0, 0.05) is 15.3 Å². The van der Waals surface area contributed by atoms with Crippen LogP contribution in [0.25, 0.3) is 0 Å². The minimum Gasteiger partial charge on any atom is -0.465 e.